The molecule has 0 aliphatic heterocycles. The molecule has 4 rings (SSSR count). The van der Waals surface area contributed by atoms with Crippen LogP contribution < -0.4 is 10.4 Å². The lowest BCUT2D eigenvalue weighted by Gasteiger charge is -2.07. The fourth-order valence-electron chi connectivity index (χ4n) is 2.97. The third-order valence-corrected chi connectivity index (χ3v) is 4.54. The Labute approximate surface area is 162 Å². The molecule has 4 aromatic rings. The van der Waals surface area contributed by atoms with Gasteiger partial charge >= 0.3 is 5.63 Å². The molecule has 1 aromatic heterocycles. The molecular weight excluding hydrogens is 352 g/mol. The number of ketones is 1. The predicted molar refractivity (Wildman–Crippen MR) is 109 cm³/mol. The maximum Gasteiger partial charge on any atom is 0.344 e. The van der Waals surface area contributed by atoms with Gasteiger partial charge in [0, 0.05) is 17.0 Å². The SMILES string of the molecule is Cc1ccc(C(=O)COc2ccc3cc(-c4ccccc4)c(=O)oc3c2)cc1. The summed E-state index contributed by atoms with van der Waals surface area (Å²) in [6.45, 7) is 1.89. The average Bonchev–Trinajstić information content (AvgIpc) is 2.72. The molecule has 3 aromatic carbocycles. The summed E-state index contributed by atoms with van der Waals surface area (Å²) in [7, 11) is 0. The average molecular weight is 370 g/mol. The second kappa shape index (κ2) is 7.53. The summed E-state index contributed by atoms with van der Waals surface area (Å²) in [6, 6.07) is 23.7. The van der Waals surface area contributed by atoms with Gasteiger partial charge in [-0.15, -0.1) is 0 Å². The van der Waals surface area contributed by atoms with Gasteiger partial charge in [-0.3, -0.25) is 4.79 Å². The third-order valence-electron chi connectivity index (χ3n) is 4.54. The van der Waals surface area contributed by atoms with Gasteiger partial charge in [0.15, 0.2) is 12.4 Å². The van der Waals surface area contributed by atoms with Crippen LogP contribution in [0.4, 0.5) is 0 Å². The van der Waals surface area contributed by atoms with E-state index in [1.165, 1.54) is 0 Å². The Morgan fingerprint density at radius 1 is 0.929 bits per heavy atom. The van der Waals surface area contributed by atoms with Crippen LogP contribution in [0, 0.1) is 6.92 Å². The topological polar surface area (TPSA) is 56.5 Å². The van der Waals surface area contributed by atoms with E-state index >= 15 is 0 Å². The number of carbonyl (C=O) groups excluding carboxylic acids is 1. The van der Waals surface area contributed by atoms with Gasteiger partial charge in [-0.1, -0.05) is 60.2 Å². The molecule has 0 saturated heterocycles. The van der Waals surface area contributed by atoms with Gasteiger partial charge in [-0.25, -0.2) is 4.79 Å². The van der Waals surface area contributed by atoms with Crippen LogP contribution in [0.5, 0.6) is 5.75 Å². The first-order valence-corrected chi connectivity index (χ1v) is 8.96. The summed E-state index contributed by atoms with van der Waals surface area (Å²) in [4.78, 5) is 24.6. The molecule has 0 aliphatic carbocycles. The van der Waals surface area contributed by atoms with Crippen LogP contribution in [-0.2, 0) is 0 Å². The Hall–Kier alpha value is -3.66. The van der Waals surface area contributed by atoms with Gasteiger partial charge in [-0.05, 0) is 30.7 Å². The van der Waals surface area contributed by atoms with E-state index in [9.17, 15) is 9.59 Å². The zero-order chi connectivity index (χ0) is 19.5. The Balaban J connectivity index is 1.55. The largest absolute Gasteiger partial charge is 0.485 e. The normalized spacial score (nSPS) is 10.8. The quantitative estimate of drug-likeness (QED) is 0.365. The van der Waals surface area contributed by atoms with Gasteiger partial charge < -0.3 is 9.15 Å². The summed E-state index contributed by atoms with van der Waals surface area (Å²) in [6.07, 6.45) is 0. The smallest absolute Gasteiger partial charge is 0.344 e. The van der Waals surface area contributed by atoms with E-state index in [0.717, 1.165) is 16.5 Å². The molecule has 0 unspecified atom stereocenters. The van der Waals surface area contributed by atoms with Gasteiger partial charge in [0.1, 0.15) is 11.3 Å². The van der Waals surface area contributed by atoms with E-state index in [1.54, 1.807) is 30.3 Å². The molecule has 0 atom stereocenters. The summed E-state index contributed by atoms with van der Waals surface area (Å²) < 4.78 is 11.1. The van der Waals surface area contributed by atoms with Crippen molar-refractivity contribution in [1.29, 1.82) is 0 Å². The molecule has 1 heterocycles. The number of benzene rings is 3. The highest BCUT2D eigenvalue weighted by Gasteiger charge is 2.10. The number of hydrogen-bond donors (Lipinski definition) is 0. The standard InChI is InChI=1S/C24H18O4/c1-16-7-9-18(10-8-16)22(25)15-27-20-12-11-19-13-21(17-5-3-2-4-6-17)24(26)28-23(19)14-20/h2-14H,15H2,1H3. The number of hydrogen-bond acceptors (Lipinski definition) is 4. The highest BCUT2D eigenvalue weighted by molar-refractivity contribution is 5.97. The molecule has 4 nitrogen and oxygen atoms in total. The number of carbonyl (C=O) groups is 1. The first kappa shape index (κ1) is 17.7. The van der Waals surface area contributed by atoms with Gasteiger partial charge in [0.2, 0.25) is 0 Å². The molecular formula is C24H18O4. The summed E-state index contributed by atoms with van der Waals surface area (Å²) >= 11 is 0. The summed E-state index contributed by atoms with van der Waals surface area (Å²) in [5, 5.41) is 0.788. The zero-order valence-electron chi connectivity index (χ0n) is 15.3. The van der Waals surface area contributed by atoms with Crippen molar-refractivity contribution in [3.63, 3.8) is 0 Å². The highest BCUT2D eigenvalue weighted by Crippen LogP contribution is 2.24. The van der Waals surface area contributed by atoms with Gasteiger partial charge in [0.05, 0.1) is 5.56 Å². The third kappa shape index (κ3) is 3.71. The van der Waals surface area contributed by atoms with Crippen molar-refractivity contribution < 1.29 is 13.9 Å². The van der Waals surface area contributed by atoms with Crippen molar-refractivity contribution in [2.45, 2.75) is 6.92 Å². The minimum atomic E-state index is -0.411. The van der Waals surface area contributed by atoms with Crippen molar-refractivity contribution in [2.75, 3.05) is 6.61 Å². The first-order chi connectivity index (χ1) is 13.6. The predicted octanol–water partition coefficient (Wildman–Crippen LogP) is 5.03. The van der Waals surface area contributed by atoms with E-state index < -0.39 is 5.63 Å². The number of Topliss-reactive ketones (excluding diaryl/α,β-unsaturated/α-hetero) is 1. The molecule has 4 heteroatoms. The molecule has 0 bridgehead atoms. The van der Waals surface area contributed by atoms with Crippen molar-refractivity contribution in [3.05, 3.63) is 100 Å². The van der Waals surface area contributed by atoms with Gasteiger partial charge in [0.25, 0.3) is 0 Å². The van der Waals surface area contributed by atoms with Crippen molar-refractivity contribution in [2.24, 2.45) is 0 Å². The van der Waals surface area contributed by atoms with E-state index in [0.29, 0.717) is 22.5 Å². The summed E-state index contributed by atoms with van der Waals surface area (Å²) in [5.41, 5.74) is 3.03. The Morgan fingerprint density at radius 2 is 1.68 bits per heavy atom. The van der Waals surface area contributed by atoms with E-state index in [-0.39, 0.29) is 12.4 Å². The maximum atomic E-state index is 12.4. The lowest BCUT2D eigenvalue weighted by Crippen LogP contribution is -2.11. The Kier molecular flexibility index (Phi) is 4.77. The Bertz CT molecular complexity index is 1190. The molecule has 0 radical (unpaired) electrons. The number of rotatable bonds is 5. The van der Waals surface area contributed by atoms with Crippen molar-refractivity contribution in [1.82, 2.24) is 0 Å². The summed E-state index contributed by atoms with van der Waals surface area (Å²) in [5.74, 6) is 0.365. The van der Waals surface area contributed by atoms with Crippen LogP contribution in [-0.4, -0.2) is 12.4 Å². The Morgan fingerprint density at radius 3 is 2.43 bits per heavy atom. The second-order valence-corrected chi connectivity index (χ2v) is 6.59. The fraction of sp³-hybridized carbons (Fsp3) is 0.0833. The molecule has 0 saturated carbocycles. The van der Waals surface area contributed by atoms with Crippen LogP contribution in [0.3, 0.4) is 0 Å². The number of aryl methyl sites for hydroxylation is 1. The first-order valence-electron chi connectivity index (χ1n) is 8.96. The molecule has 28 heavy (non-hydrogen) atoms. The molecule has 138 valence electrons. The van der Waals surface area contributed by atoms with Crippen LogP contribution >= 0.6 is 0 Å². The molecule has 0 spiro atoms. The number of fused-ring (bicyclic) bond motifs is 1. The fourth-order valence-corrected chi connectivity index (χ4v) is 2.97. The van der Waals surface area contributed by atoms with Crippen LogP contribution in [0.25, 0.3) is 22.1 Å². The monoisotopic (exact) mass is 370 g/mol. The molecule has 0 aliphatic rings. The molecule has 0 fully saturated rings. The highest BCUT2D eigenvalue weighted by atomic mass is 16.5. The second-order valence-electron chi connectivity index (χ2n) is 6.59. The molecule has 0 N–H and O–H groups in total. The maximum absolute atomic E-state index is 12.4. The van der Waals surface area contributed by atoms with Crippen LogP contribution in [0.2, 0.25) is 0 Å². The van der Waals surface area contributed by atoms with Crippen LogP contribution in [0.1, 0.15) is 15.9 Å². The van der Waals surface area contributed by atoms with Crippen molar-refractivity contribution >= 4 is 16.8 Å². The van der Waals surface area contributed by atoms with E-state index in [4.69, 9.17) is 9.15 Å². The molecule has 0 amide bonds. The van der Waals surface area contributed by atoms with Gasteiger partial charge in [-0.2, -0.15) is 0 Å². The lowest BCUT2D eigenvalue weighted by atomic mass is 10.1. The van der Waals surface area contributed by atoms with Crippen molar-refractivity contribution in [3.8, 4) is 16.9 Å². The van der Waals surface area contributed by atoms with E-state index in [1.807, 2.05) is 55.5 Å². The number of ether oxygens (including phenoxy) is 1. The van der Waals surface area contributed by atoms with E-state index in [2.05, 4.69) is 0 Å². The van der Waals surface area contributed by atoms with Crippen LogP contribution in [0.15, 0.2) is 88.1 Å². The lowest BCUT2D eigenvalue weighted by molar-refractivity contribution is 0.0921. The minimum Gasteiger partial charge on any atom is -0.485 e. The zero-order valence-corrected chi connectivity index (χ0v) is 15.3. The minimum absolute atomic E-state index is 0.0824.